The Hall–Kier alpha value is -1.00. The number of nitrogens with zero attached hydrogens (tertiary/aromatic N) is 1. The van der Waals surface area contributed by atoms with Gasteiger partial charge in [-0.1, -0.05) is 0 Å². The average molecular weight is 299 g/mol. The van der Waals surface area contributed by atoms with Crippen LogP contribution in [0.3, 0.4) is 0 Å². The second-order valence-corrected chi connectivity index (χ2v) is 5.60. The van der Waals surface area contributed by atoms with Gasteiger partial charge in [-0.2, -0.15) is 0 Å². The molecular weight excluding hydrogens is 276 g/mol. The Morgan fingerprint density at radius 2 is 2.20 bits per heavy atom. The lowest BCUT2D eigenvalue weighted by molar-refractivity contribution is -0.121. The fraction of sp³-hybridized carbons (Fsp3) is 0.667. The maximum atomic E-state index is 11.8. The molecule has 0 radical (unpaired) electrons. The Bertz CT molecular complexity index is 389. The van der Waals surface area contributed by atoms with Crippen molar-refractivity contribution < 1.29 is 9.21 Å². The molecule has 112 valence electrons. The standard InChI is InChI=1S/C15H23ClN2O2/c16-8-2-1-7-15(19)17-12-13(14-6-5-11-20-14)18-9-3-4-10-18/h5-6,11,13H,1-4,7-10,12H2,(H,17,19). The number of hydrogen-bond donors (Lipinski definition) is 1. The normalized spacial score (nSPS) is 17.2. The fourth-order valence-corrected chi connectivity index (χ4v) is 2.81. The predicted molar refractivity (Wildman–Crippen MR) is 79.8 cm³/mol. The van der Waals surface area contributed by atoms with Gasteiger partial charge in [0.1, 0.15) is 5.76 Å². The first-order valence-corrected chi connectivity index (χ1v) is 7.95. The number of likely N-dealkylation sites (tertiary alicyclic amines) is 1. The number of alkyl halides is 1. The van der Waals surface area contributed by atoms with Crippen molar-refractivity contribution >= 4 is 17.5 Å². The van der Waals surface area contributed by atoms with Crippen LogP contribution in [0, 0.1) is 0 Å². The molecular formula is C15H23ClN2O2. The van der Waals surface area contributed by atoms with Gasteiger partial charge in [-0.15, -0.1) is 11.6 Å². The zero-order valence-corrected chi connectivity index (χ0v) is 12.6. The minimum absolute atomic E-state index is 0.103. The van der Waals surface area contributed by atoms with Crippen LogP contribution < -0.4 is 5.32 Å². The van der Waals surface area contributed by atoms with Crippen molar-refractivity contribution in [3.8, 4) is 0 Å². The molecule has 1 saturated heterocycles. The van der Waals surface area contributed by atoms with E-state index in [-0.39, 0.29) is 11.9 Å². The number of amides is 1. The van der Waals surface area contributed by atoms with Crippen molar-refractivity contribution in [2.75, 3.05) is 25.5 Å². The van der Waals surface area contributed by atoms with Crippen LogP contribution >= 0.6 is 11.6 Å². The summed E-state index contributed by atoms with van der Waals surface area (Å²) in [5.41, 5.74) is 0. The van der Waals surface area contributed by atoms with Gasteiger partial charge in [0.15, 0.2) is 0 Å². The molecule has 1 fully saturated rings. The second-order valence-electron chi connectivity index (χ2n) is 5.22. The highest BCUT2D eigenvalue weighted by atomic mass is 35.5. The molecule has 2 heterocycles. The summed E-state index contributed by atoms with van der Waals surface area (Å²) < 4.78 is 5.53. The highest BCUT2D eigenvalue weighted by molar-refractivity contribution is 6.17. The third-order valence-electron chi connectivity index (χ3n) is 3.73. The molecule has 0 aromatic carbocycles. The Morgan fingerprint density at radius 3 is 2.85 bits per heavy atom. The van der Waals surface area contributed by atoms with E-state index < -0.39 is 0 Å². The summed E-state index contributed by atoms with van der Waals surface area (Å²) in [5, 5.41) is 3.02. The number of nitrogens with one attached hydrogen (secondary N) is 1. The summed E-state index contributed by atoms with van der Waals surface area (Å²) in [6.45, 7) is 2.77. The van der Waals surface area contributed by atoms with Crippen LogP contribution in [0.15, 0.2) is 22.8 Å². The molecule has 0 saturated carbocycles. The van der Waals surface area contributed by atoms with Crippen molar-refractivity contribution in [1.82, 2.24) is 10.2 Å². The summed E-state index contributed by atoms with van der Waals surface area (Å²) >= 11 is 5.62. The summed E-state index contributed by atoms with van der Waals surface area (Å²) in [6.07, 6.45) is 6.44. The number of carbonyl (C=O) groups excluding carboxylic acids is 1. The number of furan rings is 1. The molecule has 0 bridgehead atoms. The second kappa shape index (κ2) is 8.32. The van der Waals surface area contributed by atoms with E-state index in [1.54, 1.807) is 6.26 Å². The molecule has 1 N–H and O–H groups in total. The van der Waals surface area contributed by atoms with Crippen LogP contribution in [-0.4, -0.2) is 36.3 Å². The molecule has 1 aliphatic rings. The molecule has 20 heavy (non-hydrogen) atoms. The molecule has 1 unspecified atom stereocenters. The average Bonchev–Trinajstić information content (AvgIpc) is 3.12. The maximum absolute atomic E-state index is 11.8. The predicted octanol–water partition coefficient (Wildman–Crippen LogP) is 2.94. The highest BCUT2D eigenvalue weighted by Crippen LogP contribution is 2.24. The lowest BCUT2D eigenvalue weighted by Gasteiger charge is -2.26. The molecule has 1 aliphatic heterocycles. The smallest absolute Gasteiger partial charge is 0.220 e. The van der Waals surface area contributed by atoms with Crippen molar-refractivity contribution in [2.24, 2.45) is 0 Å². The van der Waals surface area contributed by atoms with Crippen molar-refractivity contribution in [3.63, 3.8) is 0 Å². The van der Waals surface area contributed by atoms with E-state index in [1.807, 2.05) is 12.1 Å². The number of rotatable bonds is 8. The molecule has 1 atom stereocenters. The number of hydrogen-bond acceptors (Lipinski definition) is 3. The molecule has 4 nitrogen and oxygen atoms in total. The van der Waals surface area contributed by atoms with E-state index in [0.717, 1.165) is 31.7 Å². The molecule has 2 rings (SSSR count). The zero-order valence-electron chi connectivity index (χ0n) is 11.8. The number of unbranched alkanes of at least 4 members (excludes halogenated alkanes) is 1. The van der Waals surface area contributed by atoms with E-state index in [1.165, 1.54) is 12.8 Å². The van der Waals surface area contributed by atoms with Gasteiger partial charge in [0, 0.05) is 18.8 Å². The molecule has 1 aromatic rings. The first kappa shape index (κ1) is 15.4. The van der Waals surface area contributed by atoms with Gasteiger partial charge in [0.05, 0.1) is 12.3 Å². The van der Waals surface area contributed by atoms with Crippen molar-refractivity contribution in [2.45, 2.75) is 38.1 Å². The first-order chi connectivity index (χ1) is 9.81. The van der Waals surface area contributed by atoms with Crippen LogP contribution in [0.25, 0.3) is 0 Å². The summed E-state index contributed by atoms with van der Waals surface area (Å²) in [4.78, 5) is 14.2. The van der Waals surface area contributed by atoms with E-state index >= 15 is 0 Å². The van der Waals surface area contributed by atoms with Crippen LogP contribution in [0.2, 0.25) is 0 Å². The Balaban J connectivity index is 1.83. The van der Waals surface area contributed by atoms with Gasteiger partial charge in [-0.05, 0) is 50.9 Å². The third kappa shape index (κ3) is 4.53. The minimum Gasteiger partial charge on any atom is -0.468 e. The molecule has 5 heteroatoms. The quantitative estimate of drug-likeness (QED) is 0.593. The summed E-state index contributed by atoms with van der Waals surface area (Å²) in [7, 11) is 0. The van der Waals surface area contributed by atoms with Gasteiger partial charge >= 0.3 is 0 Å². The number of halogens is 1. The highest BCUT2D eigenvalue weighted by Gasteiger charge is 2.25. The van der Waals surface area contributed by atoms with Crippen LogP contribution in [-0.2, 0) is 4.79 Å². The Morgan fingerprint density at radius 1 is 1.40 bits per heavy atom. The minimum atomic E-state index is 0.103. The van der Waals surface area contributed by atoms with Crippen LogP contribution in [0.5, 0.6) is 0 Å². The third-order valence-corrected chi connectivity index (χ3v) is 4.00. The van der Waals surface area contributed by atoms with E-state index in [4.69, 9.17) is 16.0 Å². The van der Waals surface area contributed by atoms with Crippen molar-refractivity contribution in [3.05, 3.63) is 24.2 Å². The largest absolute Gasteiger partial charge is 0.468 e. The van der Waals surface area contributed by atoms with E-state index in [0.29, 0.717) is 18.8 Å². The van der Waals surface area contributed by atoms with Crippen molar-refractivity contribution in [1.29, 1.82) is 0 Å². The van der Waals surface area contributed by atoms with Gasteiger partial charge in [0.25, 0.3) is 0 Å². The molecule has 1 aromatic heterocycles. The maximum Gasteiger partial charge on any atom is 0.220 e. The SMILES string of the molecule is O=C(CCCCCl)NCC(c1ccco1)N1CCCC1. The van der Waals surface area contributed by atoms with Crippen LogP contribution in [0.4, 0.5) is 0 Å². The summed E-state index contributed by atoms with van der Waals surface area (Å²) in [6, 6.07) is 4.05. The fourth-order valence-electron chi connectivity index (χ4n) is 2.62. The van der Waals surface area contributed by atoms with Gasteiger partial charge < -0.3 is 9.73 Å². The van der Waals surface area contributed by atoms with Gasteiger partial charge in [0.2, 0.25) is 5.91 Å². The lowest BCUT2D eigenvalue weighted by atomic mass is 10.2. The number of carbonyl (C=O) groups is 1. The summed E-state index contributed by atoms with van der Waals surface area (Å²) in [5.74, 6) is 1.66. The zero-order chi connectivity index (χ0) is 14.2. The lowest BCUT2D eigenvalue weighted by Crippen LogP contribution is -2.36. The van der Waals surface area contributed by atoms with Gasteiger partial charge in [-0.3, -0.25) is 9.69 Å². The molecule has 0 spiro atoms. The van der Waals surface area contributed by atoms with Crippen LogP contribution in [0.1, 0.15) is 43.9 Å². The molecule has 0 aliphatic carbocycles. The Labute approximate surface area is 125 Å². The monoisotopic (exact) mass is 298 g/mol. The van der Waals surface area contributed by atoms with Gasteiger partial charge in [-0.25, -0.2) is 0 Å². The Kier molecular flexibility index (Phi) is 6.40. The first-order valence-electron chi connectivity index (χ1n) is 7.41. The molecule has 1 amide bonds. The van der Waals surface area contributed by atoms with E-state index in [2.05, 4.69) is 10.2 Å². The van der Waals surface area contributed by atoms with E-state index in [9.17, 15) is 4.79 Å². The topological polar surface area (TPSA) is 45.5 Å².